The molecule has 8 aromatic heterocycles. The third-order valence-electron chi connectivity index (χ3n) is 10.6. The van der Waals surface area contributed by atoms with Crippen LogP contribution in [-0.2, 0) is 0 Å². The molecule has 9 nitrogen and oxygen atoms in total. The van der Waals surface area contributed by atoms with Crippen LogP contribution in [0.1, 0.15) is 0 Å². The molecule has 0 fully saturated rings. The molecular formula is C44H26N8O. The smallest absolute Gasteiger partial charge is 0.135 e. The van der Waals surface area contributed by atoms with Crippen LogP contribution < -0.4 is 5.73 Å². The van der Waals surface area contributed by atoms with E-state index in [1.54, 1.807) is 0 Å². The van der Waals surface area contributed by atoms with E-state index in [0.29, 0.717) is 5.69 Å². The van der Waals surface area contributed by atoms with Crippen LogP contribution in [-0.4, -0.2) is 33.6 Å². The highest BCUT2D eigenvalue weighted by atomic mass is 16.3. The Labute approximate surface area is 299 Å². The van der Waals surface area contributed by atoms with Gasteiger partial charge in [0.1, 0.15) is 11.2 Å². The summed E-state index contributed by atoms with van der Waals surface area (Å²) in [7, 11) is 0. The number of nitrogen functional groups attached to an aromatic ring is 1. The molecule has 0 aliphatic rings. The fourth-order valence-electron chi connectivity index (χ4n) is 8.39. The molecule has 53 heavy (non-hydrogen) atoms. The number of nitrogens with two attached hydrogens (primary N) is 1. The predicted molar refractivity (Wildman–Crippen MR) is 212 cm³/mol. The van der Waals surface area contributed by atoms with Crippen molar-refractivity contribution in [3.63, 3.8) is 0 Å². The number of hydrogen-bond donors (Lipinski definition) is 1. The van der Waals surface area contributed by atoms with Crippen molar-refractivity contribution in [1.82, 2.24) is 33.6 Å². The molecule has 0 spiro atoms. The van der Waals surface area contributed by atoms with Crippen LogP contribution in [0.25, 0.3) is 105 Å². The Morgan fingerprint density at radius 3 is 1.47 bits per heavy atom. The largest absolute Gasteiger partial charge is 0.456 e. The van der Waals surface area contributed by atoms with Crippen molar-refractivity contribution in [3.8, 4) is 17.1 Å². The van der Waals surface area contributed by atoms with Gasteiger partial charge in [-0.1, -0.05) is 0 Å². The zero-order valence-corrected chi connectivity index (χ0v) is 28.0. The number of hydrogen-bond acceptors (Lipinski definition) is 6. The van der Waals surface area contributed by atoms with Crippen molar-refractivity contribution in [1.29, 1.82) is 0 Å². The van der Waals surface area contributed by atoms with Gasteiger partial charge < -0.3 is 23.9 Å². The maximum atomic E-state index is 6.42. The summed E-state index contributed by atoms with van der Waals surface area (Å²) < 4.78 is 13.2. The lowest BCUT2D eigenvalue weighted by molar-refractivity contribution is 0.669. The van der Waals surface area contributed by atoms with E-state index in [0.717, 1.165) is 105 Å². The van der Waals surface area contributed by atoms with Gasteiger partial charge in [-0.25, -0.2) is 0 Å². The maximum Gasteiger partial charge on any atom is 0.135 e. The first kappa shape index (κ1) is 28.2. The van der Waals surface area contributed by atoms with E-state index in [1.165, 1.54) is 0 Å². The fraction of sp³-hybridized carbons (Fsp3) is 0. The van der Waals surface area contributed by atoms with Crippen LogP contribution in [0, 0.1) is 0 Å². The summed E-state index contributed by atoms with van der Waals surface area (Å²) in [5.74, 6) is 0. The second kappa shape index (κ2) is 10.3. The highest BCUT2D eigenvalue weighted by Crippen LogP contribution is 2.39. The molecule has 9 heteroatoms. The molecule has 0 saturated heterocycles. The molecule has 0 radical (unpaired) electrons. The summed E-state index contributed by atoms with van der Waals surface area (Å²) in [5.41, 5.74) is 19.9. The van der Waals surface area contributed by atoms with Crippen molar-refractivity contribution in [2.75, 3.05) is 5.73 Å². The molecule has 0 aliphatic heterocycles. The monoisotopic (exact) mass is 682 g/mol. The summed E-state index contributed by atoms with van der Waals surface area (Å²) in [4.78, 5) is 18.5. The molecule has 0 saturated carbocycles. The van der Waals surface area contributed by atoms with E-state index >= 15 is 0 Å². The second-order valence-corrected chi connectivity index (χ2v) is 13.5. The highest BCUT2D eigenvalue weighted by molar-refractivity contribution is 6.13. The van der Waals surface area contributed by atoms with Crippen molar-refractivity contribution in [2.45, 2.75) is 0 Å². The number of pyridine rings is 4. The number of fused-ring (bicyclic) bond motifs is 12. The number of anilines is 1. The Morgan fingerprint density at radius 2 is 0.887 bits per heavy atom. The van der Waals surface area contributed by atoms with Gasteiger partial charge in [-0.3, -0.25) is 19.9 Å². The molecule has 2 N–H and O–H groups in total. The lowest BCUT2D eigenvalue weighted by Gasteiger charge is -2.10. The summed E-state index contributed by atoms with van der Waals surface area (Å²) in [6.07, 6.45) is 11.2. The number of benzene rings is 4. The molecule has 0 atom stereocenters. The zero-order valence-electron chi connectivity index (χ0n) is 28.0. The van der Waals surface area contributed by atoms with Gasteiger partial charge in [-0.05, 0) is 109 Å². The van der Waals surface area contributed by atoms with E-state index < -0.39 is 0 Å². The molecule has 12 aromatic rings. The first-order valence-electron chi connectivity index (χ1n) is 17.4. The molecule has 0 bridgehead atoms. The predicted octanol–water partition coefficient (Wildman–Crippen LogP) is 10.0. The lowest BCUT2D eigenvalue weighted by Crippen LogP contribution is -1.96. The Hall–Kier alpha value is -7.52. The van der Waals surface area contributed by atoms with Gasteiger partial charge in [0.15, 0.2) is 0 Å². The third-order valence-corrected chi connectivity index (χ3v) is 10.6. The van der Waals surface area contributed by atoms with Gasteiger partial charge in [0, 0.05) is 92.2 Å². The van der Waals surface area contributed by atoms with Crippen LogP contribution in [0.5, 0.6) is 0 Å². The summed E-state index contributed by atoms with van der Waals surface area (Å²) in [5, 5.41) is 6.29. The highest BCUT2D eigenvalue weighted by Gasteiger charge is 2.19. The first-order valence-corrected chi connectivity index (χ1v) is 17.4. The standard InChI is InChI=1S/C44H26N8O/c45-25-5-9-35-31(19-25)43-39(3-1-15-48-43)51(35)27-7-11-41-29(20-27)30-21-28(8-12-42(30)53-41)52-36-10-6-26(22-32(36)44-40(52)4-2-16-49-44)50-37-13-17-46-23-33(37)34-24-47-18-14-38(34)50/h1-24H,45H2. The van der Waals surface area contributed by atoms with Crippen LogP contribution in [0.3, 0.4) is 0 Å². The van der Waals surface area contributed by atoms with Crippen molar-refractivity contribution in [2.24, 2.45) is 0 Å². The van der Waals surface area contributed by atoms with Gasteiger partial charge >= 0.3 is 0 Å². The van der Waals surface area contributed by atoms with E-state index in [-0.39, 0.29) is 0 Å². The topological polar surface area (TPSA) is 106 Å². The SMILES string of the molecule is Nc1ccc2c(c1)c1ncccc1n2-c1ccc2oc3ccc(-n4c5ccc(-n6c7ccncc7c7cnccc76)cc5c5ncccc54)cc3c2c1. The van der Waals surface area contributed by atoms with E-state index in [2.05, 4.69) is 109 Å². The van der Waals surface area contributed by atoms with Gasteiger partial charge in [0.05, 0.1) is 44.1 Å². The summed E-state index contributed by atoms with van der Waals surface area (Å²) >= 11 is 0. The molecule has 8 heterocycles. The normalized spacial score (nSPS) is 12.2. The van der Waals surface area contributed by atoms with E-state index in [4.69, 9.17) is 20.1 Å². The van der Waals surface area contributed by atoms with Crippen LogP contribution in [0.4, 0.5) is 5.69 Å². The van der Waals surface area contributed by atoms with Gasteiger partial charge in [0.25, 0.3) is 0 Å². The van der Waals surface area contributed by atoms with Gasteiger partial charge in [-0.15, -0.1) is 0 Å². The lowest BCUT2D eigenvalue weighted by atomic mass is 10.1. The summed E-state index contributed by atoms with van der Waals surface area (Å²) in [6, 6.07) is 37.8. The van der Waals surface area contributed by atoms with Crippen LogP contribution >= 0.6 is 0 Å². The Bertz CT molecular complexity index is 3440. The Kier molecular flexibility index (Phi) is 5.47. The second-order valence-electron chi connectivity index (χ2n) is 13.5. The van der Waals surface area contributed by atoms with Crippen molar-refractivity contribution in [3.05, 3.63) is 146 Å². The minimum Gasteiger partial charge on any atom is -0.456 e. The molecule has 0 amide bonds. The van der Waals surface area contributed by atoms with E-state index in [9.17, 15) is 0 Å². The van der Waals surface area contributed by atoms with Crippen LogP contribution in [0.2, 0.25) is 0 Å². The number of aromatic nitrogens is 7. The van der Waals surface area contributed by atoms with Crippen LogP contribution in [0.15, 0.2) is 151 Å². The average molecular weight is 683 g/mol. The minimum absolute atomic E-state index is 0.712. The van der Waals surface area contributed by atoms with Crippen molar-refractivity contribution >= 4 is 93.3 Å². The first-order chi connectivity index (χ1) is 26.2. The quantitative estimate of drug-likeness (QED) is 0.186. The van der Waals surface area contributed by atoms with Crippen molar-refractivity contribution < 1.29 is 4.42 Å². The maximum absolute atomic E-state index is 6.42. The zero-order chi connectivity index (χ0) is 34.8. The molecule has 0 aliphatic carbocycles. The van der Waals surface area contributed by atoms with Gasteiger partial charge in [0.2, 0.25) is 0 Å². The van der Waals surface area contributed by atoms with Gasteiger partial charge in [-0.2, -0.15) is 0 Å². The number of nitrogens with zero attached hydrogens (tertiary/aromatic N) is 7. The Balaban J connectivity index is 1.07. The minimum atomic E-state index is 0.712. The fourth-order valence-corrected chi connectivity index (χ4v) is 8.39. The molecule has 0 unspecified atom stereocenters. The molecular weight excluding hydrogens is 657 g/mol. The summed E-state index contributed by atoms with van der Waals surface area (Å²) in [6.45, 7) is 0. The third kappa shape index (κ3) is 3.85. The Morgan fingerprint density at radius 1 is 0.415 bits per heavy atom. The molecule has 248 valence electrons. The number of rotatable bonds is 3. The average Bonchev–Trinajstić information content (AvgIpc) is 3.93. The molecule has 4 aromatic carbocycles. The van der Waals surface area contributed by atoms with E-state index in [1.807, 2.05) is 61.4 Å². The number of furan rings is 1. The molecule has 12 rings (SSSR count).